The van der Waals surface area contributed by atoms with E-state index in [0.717, 1.165) is 25.7 Å². The molecule has 33 heavy (non-hydrogen) atoms. The van der Waals surface area contributed by atoms with E-state index in [1.165, 1.54) is 39.9 Å². The Bertz CT molecular complexity index is 1180. The highest BCUT2D eigenvalue weighted by Crippen LogP contribution is 2.43. The number of thiol groups is 1. The van der Waals surface area contributed by atoms with Crippen molar-refractivity contribution in [3.05, 3.63) is 63.3 Å². The van der Waals surface area contributed by atoms with Gasteiger partial charge in [0.05, 0.1) is 12.6 Å². The van der Waals surface area contributed by atoms with Gasteiger partial charge in [0.15, 0.2) is 11.4 Å². The zero-order chi connectivity index (χ0) is 23.3. The van der Waals surface area contributed by atoms with Gasteiger partial charge in [-0.25, -0.2) is 4.39 Å². The number of rotatable bonds is 3. The first-order valence-corrected chi connectivity index (χ1v) is 11.4. The number of ether oxygens (including phenoxy) is 1. The Morgan fingerprint density at radius 2 is 1.97 bits per heavy atom. The number of aromatic nitrogens is 1. The third-order valence-electron chi connectivity index (χ3n) is 6.71. The van der Waals surface area contributed by atoms with Gasteiger partial charge >= 0.3 is 0 Å². The first-order valence-electron chi connectivity index (χ1n) is 11.0. The third kappa shape index (κ3) is 3.80. The summed E-state index contributed by atoms with van der Waals surface area (Å²) in [6, 6.07) is 5.57. The predicted molar refractivity (Wildman–Crippen MR) is 120 cm³/mol. The van der Waals surface area contributed by atoms with Gasteiger partial charge in [0.1, 0.15) is 11.4 Å². The number of amides is 2. The number of halogens is 1. The van der Waals surface area contributed by atoms with E-state index in [4.69, 9.17) is 17.4 Å². The normalized spacial score (nSPS) is 26.2. The van der Waals surface area contributed by atoms with Gasteiger partial charge in [-0.1, -0.05) is 25.0 Å². The molecule has 2 aliphatic heterocycles. The summed E-state index contributed by atoms with van der Waals surface area (Å²) >= 11 is 4.69. The van der Waals surface area contributed by atoms with Crippen LogP contribution in [0.15, 0.2) is 35.3 Å². The van der Waals surface area contributed by atoms with Crippen LogP contribution in [-0.2, 0) is 17.8 Å². The maximum atomic E-state index is 13.3. The predicted octanol–water partition coefficient (Wildman–Crippen LogP) is 2.25. The summed E-state index contributed by atoms with van der Waals surface area (Å²) < 4.78 is 20.7. The molecule has 2 fully saturated rings. The molecule has 0 bridgehead atoms. The minimum Gasteiger partial charge on any atom is -0.503 e. The van der Waals surface area contributed by atoms with Gasteiger partial charge in [0, 0.05) is 25.2 Å². The highest BCUT2D eigenvalue weighted by Gasteiger charge is 2.52. The topological polar surface area (TPSA) is 101 Å². The standard InChI is InChI=1S/C23H24FN3O5S/c24-15-7-5-13(6-8-15)9-25-21(30)16-11-26-12-23(33)27(22(31)18(26)20(29)19(16)28)10-14-3-1-2-4-17(14)32-23/h5-8,11,14,17,29,33H,1-4,9-10,12H2,(H,25,30)/t14-,17-,23?/m0/s1. The molecule has 1 unspecified atom stereocenters. The van der Waals surface area contributed by atoms with Crippen molar-refractivity contribution in [1.82, 2.24) is 14.8 Å². The van der Waals surface area contributed by atoms with Crippen molar-refractivity contribution in [2.45, 2.75) is 49.9 Å². The van der Waals surface area contributed by atoms with Gasteiger partial charge in [-0.2, -0.15) is 0 Å². The summed E-state index contributed by atoms with van der Waals surface area (Å²) in [5, 5.41) is 12.0. The molecule has 2 aromatic rings. The van der Waals surface area contributed by atoms with Crippen LogP contribution in [0, 0.1) is 11.7 Å². The number of pyridine rings is 1. The largest absolute Gasteiger partial charge is 0.503 e. The van der Waals surface area contributed by atoms with Crippen LogP contribution in [0.4, 0.5) is 4.39 Å². The fourth-order valence-corrected chi connectivity index (χ4v) is 5.44. The number of fused-ring (bicyclic) bond motifs is 3. The summed E-state index contributed by atoms with van der Waals surface area (Å²) in [5.41, 5.74) is -0.753. The highest BCUT2D eigenvalue weighted by atomic mass is 32.1. The molecule has 5 rings (SSSR count). The summed E-state index contributed by atoms with van der Waals surface area (Å²) in [6.45, 7) is 0.573. The van der Waals surface area contributed by atoms with Gasteiger partial charge in [-0.3, -0.25) is 19.3 Å². The van der Waals surface area contributed by atoms with E-state index in [9.17, 15) is 23.9 Å². The van der Waals surface area contributed by atoms with E-state index in [0.29, 0.717) is 12.1 Å². The number of carbonyl (C=O) groups excluding carboxylic acids is 2. The zero-order valence-corrected chi connectivity index (χ0v) is 18.7. The lowest BCUT2D eigenvalue weighted by atomic mass is 9.84. The highest BCUT2D eigenvalue weighted by molar-refractivity contribution is 7.81. The van der Waals surface area contributed by atoms with Gasteiger partial charge in [-0.05, 0) is 30.5 Å². The molecule has 1 aromatic heterocycles. The lowest BCUT2D eigenvalue weighted by molar-refractivity contribution is -0.189. The first kappa shape index (κ1) is 22.0. The second-order valence-electron chi connectivity index (χ2n) is 8.87. The van der Waals surface area contributed by atoms with Gasteiger partial charge in [0.25, 0.3) is 11.8 Å². The minimum absolute atomic E-state index is 0.00620. The van der Waals surface area contributed by atoms with Crippen molar-refractivity contribution in [2.75, 3.05) is 6.54 Å². The Balaban J connectivity index is 1.44. The average Bonchev–Trinajstić information content (AvgIpc) is 2.79. The van der Waals surface area contributed by atoms with Crippen LogP contribution in [0.25, 0.3) is 0 Å². The van der Waals surface area contributed by atoms with Crippen LogP contribution >= 0.6 is 12.6 Å². The molecule has 3 atom stereocenters. The number of aromatic hydroxyl groups is 1. The number of carbonyl (C=O) groups is 2. The van der Waals surface area contributed by atoms with Crippen molar-refractivity contribution in [3.63, 3.8) is 0 Å². The van der Waals surface area contributed by atoms with Crippen LogP contribution in [0.1, 0.15) is 52.1 Å². The van der Waals surface area contributed by atoms with Crippen molar-refractivity contribution in [2.24, 2.45) is 5.92 Å². The molecule has 1 saturated carbocycles. The molecule has 3 aliphatic rings. The Morgan fingerprint density at radius 3 is 2.73 bits per heavy atom. The minimum atomic E-state index is -1.23. The van der Waals surface area contributed by atoms with E-state index >= 15 is 0 Å². The number of nitrogens with one attached hydrogen (secondary N) is 1. The Hall–Kier alpha value is -2.85. The second-order valence-corrected chi connectivity index (χ2v) is 9.56. The quantitative estimate of drug-likeness (QED) is 0.594. The van der Waals surface area contributed by atoms with Crippen LogP contribution in [0.5, 0.6) is 5.75 Å². The number of benzene rings is 1. The molecule has 1 aliphatic carbocycles. The molecular formula is C23H24FN3O5S. The fraction of sp³-hybridized carbons (Fsp3) is 0.435. The fourth-order valence-electron chi connectivity index (χ4n) is 4.98. The molecule has 1 saturated heterocycles. The lowest BCUT2D eigenvalue weighted by Crippen LogP contribution is -2.64. The zero-order valence-electron chi connectivity index (χ0n) is 17.8. The van der Waals surface area contributed by atoms with Crippen LogP contribution in [0.2, 0.25) is 0 Å². The number of nitrogens with zero attached hydrogens (tertiary/aromatic N) is 2. The maximum absolute atomic E-state index is 13.3. The smallest absolute Gasteiger partial charge is 0.277 e. The second kappa shape index (κ2) is 8.18. The monoisotopic (exact) mass is 473 g/mol. The van der Waals surface area contributed by atoms with Crippen molar-refractivity contribution >= 4 is 24.4 Å². The molecule has 1 aromatic carbocycles. The molecule has 8 nitrogen and oxygen atoms in total. The van der Waals surface area contributed by atoms with Crippen molar-refractivity contribution < 1.29 is 23.8 Å². The molecular weight excluding hydrogens is 449 g/mol. The molecule has 0 radical (unpaired) electrons. The number of hydrogen-bond acceptors (Lipinski definition) is 6. The maximum Gasteiger partial charge on any atom is 0.277 e. The van der Waals surface area contributed by atoms with E-state index in [1.54, 1.807) is 0 Å². The molecule has 2 N–H and O–H groups in total. The van der Waals surface area contributed by atoms with E-state index in [2.05, 4.69) is 5.32 Å². The Labute approximate surface area is 194 Å². The first-order chi connectivity index (χ1) is 15.8. The van der Waals surface area contributed by atoms with E-state index < -0.39 is 33.9 Å². The van der Waals surface area contributed by atoms with E-state index in [1.807, 2.05) is 0 Å². The molecule has 174 valence electrons. The summed E-state index contributed by atoms with van der Waals surface area (Å²) in [7, 11) is 0. The summed E-state index contributed by atoms with van der Waals surface area (Å²) in [6.07, 6.45) is 5.23. The molecule has 2 amide bonds. The molecule has 0 spiro atoms. The SMILES string of the molecule is O=C(NCc1ccc(F)cc1)c1cn2c(c(O)c1=O)C(=O)N1C[C@@H]3CCCC[C@@H]3OC1(S)C2. The lowest BCUT2D eigenvalue weighted by Gasteiger charge is -2.53. The average molecular weight is 474 g/mol. The van der Waals surface area contributed by atoms with Gasteiger partial charge in [0.2, 0.25) is 10.5 Å². The van der Waals surface area contributed by atoms with Crippen LogP contribution in [-0.4, -0.2) is 44.1 Å². The summed E-state index contributed by atoms with van der Waals surface area (Å²) in [5.74, 6) is -2.23. The number of hydrogen-bond donors (Lipinski definition) is 3. The van der Waals surface area contributed by atoms with Crippen LogP contribution < -0.4 is 10.7 Å². The molecule has 10 heteroatoms. The van der Waals surface area contributed by atoms with Crippen LogP contribution in [0.3, 0.4) is 0 Å². The Morgan fingerprint density at radius 1 is 1.24 bits per heavy atom. The van der Waals surface area contributed by atoms with Gasteiger partial charge in [-0.15, -0.1) is 12.6 Å². The third-order valence-corrected chi connectivity index (χ3v) is 7.20. The van der Waals surface area contributed by atoms with Crippen molar-refractivity contribution in [3.8, 4) is 5.75 Å². The summed E-state index contributed by atoms with van der Waals surface area (Å²) in [4.78, 5) is 40.2. The molecule has 3 heterocycles. The van der Waals surface area contributed by atoms with Crippen molar-refractivity contribution in [1.29, 1.82) is 0 Å². The Kier molecular flexibility index (Phi) is 5.44. The van der Waals surface area contributed by atoms with Gasteiger partial charge < -0.3 is 19.7 Å². The van der Waals surface area contributed by atoms with E-state index in [-0.39, 0.29) is 36.4 Å².